The summed E-state index contributed by atoms with van der Waals surface area (Å²) in [5.74, 6) is 0.698. The van der Waals surface area contributed by atoms with Gasteiger partial charge in [-0.25, -0.2) is 0 Å². The first-order valence-electron chi connectivity index (χ1n) is 11.0. The molecule has 0 spiro atoms. The molecule has 1 N–H and O–H groups in total. The molecule has 0 atom stereocenters. The number of hydrogen-bond acceptors (Lipinski definition) is 4. The Morgan fingerprint density at radius 1 is 0.871 bits per heavy atom. The minimum absolute atomic E-state index is 0.0132. The van der Waals surface area contributed by atoms with Gasteiger partial charge < -0.3 is 9.57 Å². The van der Waals surface area contributed by atoms with Crippen LogP contribution in [0.15, 0.2) is 78.9 Å². The largest absolute Gasteiger partial charge is 0.494 e. The fraction of sp³-hybridized carbons (Fsp3) is 0.296. The molecule has 0 fully saturated rings. The van der Waals surface area contributed by atoms with Gasteiger partial charge in [-0.2, -0.15) is 5.48 Å². The number of benzene rings is 3. The van der Waals surface area contributed by atoms with Crippen LogP contribution in [0.5, 0.6) is 5.75 Å². The van der Waals surface area contributed by atoms with Gasteiger partial charge in [0.2, 0.25) is 0 Å². The van der Waals surface area contributed by atoms with Crippen LogP contribution in [0.2, 0.25) is 0 Å². The third-order valence-corrected chi connectivity index (χ3v) is 5.05. The molecule has 4 nitrogen and oxygen atoms in total. The topological polar surface area (TPSA) is 47.6 Å². The maximum atomic E-state index is 13.1. The van der Waals surface area contributed by atoms with Gasteiger partial charge in [-0.15, -0.1) is 0 Å². The Labute approximate surface area is 185 Å². The molecule has 0 bridgehead atoms. The first kappa shape index (κ1) is 22.7. The zero-order valence-corrected chi connectivity index (χ0v) is 18.2. The Bertz CT molecular complexity index is 926. The van der Waals surface area contributed by atoms with Crippen LogP contribution in [0.3, 0.4) is 0 Å². The number of ether oxygens (including phenoxy) is 1. The van der Waals surface area contributed by atoms with Crippen molar-refractivity contribution in [3.8, 4) is 5.75 Å². The van der Waals surface area contributed by atoms with Crippen molar-refractivity contribution in [2.24, 2.45) is 0 Å². The van der Waals surface area contributed by atoms with E-state index < -0.39 is 0 Å². The van der Waals surface area contributed by atoms with E-state index in [-0.39, 0.29) is 5.78 Å². The van der Waals surface area contributed by atoms with Crippen molar-refractivity contribution >= 4 is 5.78 Å². The SMILES string of the molecule is CCCCONCc1ccc(OCCCc2ccccc2)cc1C(=O)c1ccccc1. The van der Waals surface area contributed by atoms with Crippen molar-refractivity contribution in [2.45, 2.75) is 39.2 Å². The molecular weight excluding hydrogens is 386 g/mol. The Kier molecular flexibility index (Phi) is 9.30. The van der Waals surface area contributed by atoms with E-state index in [0.29, 0.717) is 36.6 Å². The van der Waals surface area contributed by atoms with Crippen molar-refractivity contribution < 1.29 is 14.4 Å². The smallest absolute Gasteiger partial charge is 0.193 e. The van der Waals surface area contributed by atoms with Gasteiger partial charge in [-0.3, -0.25) is 4.79 Å². The van der Waals surface area contributed by atoms with Gasteiger partial charge in [0.15, 0.2) is 5.78 Å². The molecular formula is C27H31NO3. The number of carbonyl (C=O) groups excluding carboxylic acids is 1. The molecule has 3 rings (SSSR count). The van der Waals surface area contributed by atoms with Crippen molar-refractivity contribution in [3.63, 3.8) is 0 Å². The van der Waals surface area contributed by atoms with Gasteiger partial charge in [0.1, 0.15) is 5.75 Å². The highest BCUT2D eigenvalue weighted by Gasteiger charge is 2.15. The number of hydroxylamine groups is 1. The van der Waals surface area contributed by atoms with Crippen LogP contribution in [0, 0.1) is 0 Å². The van der Waals surface area contributed by atoms with E-state index in [1.807, 2.05) is 54.6 Å². The first-order valence-corrected chi connectivity index (χ1v) is 11.0. The average Bonchev–Trinajstić information content (AvgIpc) is 2.83. The zero-order chi connectivity index (χ0) is 21.7. The predicted molar refractivity (Wildman–Crippen MR) is 124 cm³/mol. The molecule has 3 aromatic carbocycles. The van der Waals surface area contributed by atoms with Crippen molar-refractivity contribution in [1.29, 1.82) is 0 Å². The summed E-state index contributed by atoms with van der Waals surface area (Å²) in [4.78, 5) is 18.6. The summed E-state index contributed by atoms with van der Waals surface area (Å²) in [6.07, 6.45) is 3.96. The molecule has 162 valence electrons. The van der Waals surface area contributed by atoms with Gasteiger partial charge in [0, 0.05) is 17.7 Å². The second-order valence-corrected chi connectivity index (χ2v) is 7.47. The summed E-state index contributed by atoms with van der Waals surface area (Å²) in [6, 6.07) is 25.4. The number of aryl methyl sites for hydroxylation is 1. The highest BCUT2D eigenvalue weighted by atomic mass is 16.6. The summed E-state index contributed by atoms with van der Waals surface area (Å²) >= 11 is 0. The summed E-state index contributed by atoms with van der Waals surface area (Å²) in [7, 11) is 0. The molecule has 31 heavy (non-hydrogen) atoms. The van der Waals surface area contributed by atoms with Crippen LogP contribution < -0.4 is 10.2 Å². The Hall–Kier alpha value is -2.95. The highest BCUT2D eigenvalue weighted by molar-refractivity contribution is 6.10. The number of unbranched alkanes of at least 4 members (excludes halogenated alkanes) is 1. The molecule has 0 heterocycles. The summed E-state index contributed by atoms with van der Waals surface area (Å²) in [5.41, 5.74) is 6.47. The quantitative estimate of drug-likeness (QED) is 0.218. The fourth-order valence-electron chi connectivity index (χ4n) is 3.28. The van der Waals surface area contributed by atoms with Crippen LogP contribution in [-0.2, 0) is 17.8 Å². The molecule has 0 aromatic heterocycles. The minimum atomic E-state index is -0.0132. The molecule has 0 saturated carbocycles. The first-order chi connectivity index (χ1) is 15.3. The average molecular weight is 418 g/mol. The lowest BCUT2D eigenvalue weighted by Gasteiger charge is -2.13. The van der Waals surface area contributed by atoms with E-state index in [4.69, 9.17) is 9.57 Å². The normalized spacial score (nSPS) is 10.7. The Morgan fingerprint density at radius 3 is 2.35 bits per heavy atom. The number of nitrogens with one attached hydrogen (secondary N) is 1. The highest BCUT2D eigenvalue weighted by Crippen LogP contribution is 2.22. The van der Waals surface area contributed by atoms with E-state index in [1.54, 1.807) is 0 Å². The van der Waals surface area contributed by atoms with Gasteiger partial charge in [0.05, 0.1) is 13.2 Å². The van der Waals surface area contributed by atoms with E-state index in [1.165, 1.54) is 5.56 Å². The Balaban J connectivity index is 1.65. The summed E-state index contributed by atoms with van der Waals surface area (Å²) in [6.45, 7) is 3.84. The number of hydrogen-bond donors (Lipinski definition) is 1. The standard InChI is InChI=1S/C27H31NO3/c1-2-3-19-31-28-21-24-16-17-25(30-18-10-13-22-11-6-4-7-12-22)20-26(24)27(29)23-14-8-5-9-15-23/h4-9,11-12,14-17,20,28H,2-3,10,13,18-19,21H2,1H3. The molecule has 0 aliphatic heterocycles. The van der Waals surface area contributed by atoms with Gasteiger partial charge in [-0.05, 0) is 42.5 Å². The molecule has 4 heteroatoms. The number of rotatable bonds is 13. The van der Waals surface area contributed by atoms with E-state index in [9.17, 15) is 4.79 Å². The summed E-state index contributed by atoms with van der Waals surface area (Å²) in [5, 5.41) is 0. The molecule has 0 aliphatic carbocycles. The van der Waals surface area contributed by atoms with Crippen LogP contribution in [0.1, 0.15) is 53.2 Å². The van der Waals surface area contributed by atoms with Gasteiger partial charge >= 0.3 is 0 Å². The maximum absolute atomic E-state index is 13.1. The lowest BCUT2D eigenvalue weighted by atomic mass is 9.98. The zero-order valence-electron chi connectivity index (χ0n) is 18.2. The maximum Gasteiger partial charge on any atom is 0.193 e. The van der Waals surface area contributed by atoms with Crippen LogP contribution in [-0.4, -0.2) is 19.0 Å². The fourth-order valence-corrected chi connectivity index (χ4v) is 3.28. The van der Waals surface area contributed by atoms with Crippen LogP contribution >= 0.6 is 0 Å². The second-order valence-electron chi connectivity index (χ2n) is 7.47. The molecule has 0 amide bonds. The molecule has 0 aliphatic rings. The third-order valence-electron chi connectivity index (χ3n) is 5.05. The minimum Gasteiger partial charge on any atom is -0.494 e. The molecule has 0 radical (unpaired) electrons. The van der Waals surface area contributed by atoms with E-state index in [0.717, 1.165) is 31.2 Å². The van der Waals surface area contributed by atoms with Crippen molar-refractivity contribution in [3.05, 3.63) is 101 Å². The van der Waals surface area contributed by atoms with Crippen LogP contribution in [0.4, 0.5) is 0 Å². The summed E-state index contributed by atoms with van der Waals surface area (Å²) < 4.78 is 5.96. The lowest BCUT2D eigenvalue weighted by Crippen LogP contribution is -2.17. The van der Waals surface area contributed by atoms with E-state index in [2.05, 4.69) is 36.7 Å². The Morgan fingerprint density at radius 2 is 1.61 bits per heavy atom. The van der Waals surface area contributed by atoms with Crippen LogP contribution in [0.25, 0.3) is 0 Å². The lowest BCUT2D eigenvalue weighted by molar-refractivity contribution is 0.0347. The van der Waals surface area contributed by atoms with Crippen molar-refractivity contribution in [1.82, 2.24) is 5.48 Å². The molecule has 0 saturated heterocycles. The number of carbonyl (C=O) groups is 1. The molecule has 0 unspecified atom stereocenters. The second kappa shape index (κ2) is 12.7. The molecule has 3 aromatic rings. The number of ketones is 1. The monoisotopic (exact) mass is 417 g/mol. The van der Waals surface area contributed by atoms with Gasteiger partial charge in [0.25, 0.3) is 0 Å². The van der Waals surface area contributed by atoms with E-state index >= 15 is 0 Å². The van der Waals surface area contributed by atoms with Crippen molar-refractivity contribution in [2.75, 3.05) is 13.2 Å². The predicted octanol–water partition coefficient (Wildman–Crippen LogP) is 5.75. The third kappa shape index (κ3) is 7.35. The van der Waals surface area contributed by atoms with Gasteiger partial charge in [-0.1, -0.05) is 80.1 Å².